The van der Waals surface area contributed by atoms with E-state index in [0.29, 0.717) is 22.3 Å². The Morgan fingerprint density at radius 2 is 1.62 bits per heavy atom. The highest BCUT2D eigenvalue weighted by Crippen LogP contribution is 2.50. The maximum absolute atomic E-state index is 15.3. The van der Waals surface area contributed by atoms with Crippen molar-refractivity contribution in [2.45, 2.75) is 38.8 Å². The molecule has 0 N–H and O–H groups in total. The van der Waals surface area contributed by atoms with E-state index in [-0.39, 0.29) is 9.40 Å². The highest BCUT2D eigenvalue weighted by Gasteiger charge is 2.39. The fourth-order valence-corrected chi connectivity index (χ4v) is 5.98. The van der Waals surface area contributed by atoms with Gasteiger partial charge in [0, 0.05) is 16.3 Å². The maximum Gasteiger partial charge on any atom is 0.419 e. The lowest BCUT2D eigenvalue weighted by Gasteiger charge is -2.22. The van der Waals surface area contributed by atoms with E-state index >= 15 is 4.39 Å². The molecule has 0 amide bonds. The number of alkyl halides is 3. The van der Waals surface area contributed by atoms with Gasteiger partial charge in [0.05, 0.1) is 15.0 Å². The predicted octanol–water partition coefficient (Wildman–Crippen LogP) is 8.19. The fourth-order valence-electron chi connectivity index (χ4n) is 4.80. The van der Waals surface area contributed by atoms with Crippen molar-refractivity contribution in [3.8, 4) is 0 Å². The highest BCUT2D eigenvalue weighted by molar-refractivity contribution is 7.25. The van der Waals surface area contributed by atoms with Gasteiger partial charge in [-0.25, -0.2) is 8.78 Å². The molecule has 1 heterocycles. The van der Waals surface area contributed by atoms with E-state index in [1.54, 1.807) is 12.1 Å². The van der Waals surface area contributed by atoms with Gasteiger partial charge in [-0.2, -0.15) is 13.2 Å². The Hall–Kier alpha value is -1.95. The van der Waals surface area contributed by atoms with Gasteiger partial charge in [-0.1, -0.05) is 31.2 Å². The van der Waals surface area contributed by atoms with Gasteiger partial charge in [0.1, 0.15) is 5.82 Å². The normalized spacial score (nSPS) is 24.9. The second-order valence-electron chi connectivity index (χ2n) is 8.35. The zero-order valence-corrected chi connectivity index (χ0v) is 16.6. The van der Waals surface area contributed by atoms with Crippen LogP contribution in [0.5, 0.6) is 0 Å². The van der Waals surface area contributed by atoms with Crippen LogP contribution in [-0.4, -0.2) is 0 Å². The van der Waals surface area contributed by atoms with Crippen LogP contribution in [0.25, 0.3) is 25.7 Å². The van der Waals surface area contributed by atoms with E-state index in [1.165, 1.54) is 12.5 Å². The van der Waals surface area contributed by atoms with Crippen LogP contribution >= 0.6 is 11.3 Å². The number of allylic oxidation sites excluding steroid dienone is 2. The first kappa shape index (κ1) is 19.0. The van der Waals surface area contributed by atoms with Crippen molar-refractivity contribution in [2.75, 3.05) is 0 Å². The topological polar surface area (TPSA) is 0 Å². The summed E-state index contributed by atoms with van der Waals surface area (Å²) in [7, 11) is 0. The average Bonchev–Trinajstić information content (AvgIpc) is 3.27. The zero-order valence-electron chi connectivity index (χ0n) is 15.7. The minimum atomic E-state index is -4.78. The molecule has 152 valence electrons. The summed E-state index contributed by atoms with van der Waals surface area (Å²) in [4.78, 5) is 0. The van der Waals surface area contributed by atoms with Crippen molar-refractivity contribution >= 4 is 37.1 Å². The number of benzene rings is 2. The van der Waals surface area contributed by atoms with Gasteiger partial charge in [-0.15, -0.1) is 11.3 Å². The fraction of sp³-hybridized carbons (Fsp3) is 0.391. The van der Waals surface area contributed by atoms with Gasteiger partial charge in [0.15, 0.2) is 5.82 Å². The van der Waals surface area contributed by atoms with Crippen LogP contribution < -0.4 is 0 Å². The smallest absolute Gasteiger partial charge is 0.205 e. The Morgan fingerprint density at radius 3 is 2.21 bits per heavy atom. The van der Waals surface area contributed by atoms with Crippen LogP contribution in [0.1, 0.15) is 43.7 Å². The quantitative estimate of drug-likeness (QED) is 0.365. The molecule has 6 heteroatoms. The average molecular weight is 422 g/mol. The molecule has 0 aliphatic heterocycles. The van der Waals surface area contributed by atoms with Crippen LogP contribution in [-0.2, 0) is 6.18 Å². The molecule has 2 aromatic carbocycles. The summed E-state index contributed by atoms with van der Waals surface area (Å²) in [5.41, 5.74) is 0.123. The molecule has 5 rings (SSSR count). The molecule has 0 nitrogen and oxygen atoms in total. The van der Waals surface area contributed by atoms with Crippen LogP contribution in [0.3, 0.4) is 0 Å². The van der Waals surface area contributed by atoms with E-state index < -0.39 is 23.4 Å². The minimum Gasteiger partial charge on any atom is -0.205 e. The molecule has 0 radical (unpaired) electrons. The number of hydrogen-bond acceptors (Lipinski definition) is 1. The third-order valence-electron chi connectivity index (χ3n) is 6.57. The summed E-state index contributed by atoms with van der Waals surface area (Å²) < 4.78 is 68.9. The SMILES string of the molecule is CC1CC1C1CC=C(c2ccc3c(sc4c(F)c(C(F)(F)F)ccc43)c2F)CC1. The molecule has 0 spiro atoms. The monoisotopic (exact) mass is 422 g/mol. The molecule has 2 aliphatic rings. The van der Waals surface area contributed by atoms with E-state index in [2.05, 4.69) is 13.0 Å². The van der Waals surface area contributed by atoms with Crippen LogP contribution in [0.4, 0.5) is 22.0 Å². The third-order valence-corrected chi connectivity index (χ3v) is 7.78. The van der Waals surface area contributed by atoms with Gasteiger partial charge in [-0.3, -0.25) is 0 Å². The number of hydrogen-bond donors (Lipinski definition) is 0. The lowest BCUT2D eigenvalue weighted by atomic mass is 9.83. The van der Waals surface area contributed by atoms with E-state index in [9.17, 15) is 17.6 Å². The van der Waals surface area contributed by atoms with Crippen LogP contribution in [0.2, 0.25) is 0 Å². The van der Waals surface area contributed by atoms with Crippen molar-refractivity contribution in [1.82, 2.24) is 0 Å². The van der Waals surface area contributed by atoms with Gasteiger partial charge in [0.2, 0.25) is 0 Å². The minimum absolute atomic E-state index is 0.147. The van der Waals surface area contributed by atoms with Gasteiger partial charge in [0.25, 0.3) is 0 Å². The predicted molar refractivity (Wildman–Crippen MR) is 107 cm³/mol. The molecular weight excluding hydrogens is 403 g/mol. The molecule has 2 aliphatic carbocycles. The molecule has 1 saturated carbocycles. The molecule has 0 saturated heterocycles. The molecule has 29 heavy (non-hydrogen) atoms. The van der Waals surface area contributed by atoms with Crippen molar-refractivity contribution in [1.29, 1.82) is 0 Å². The van der Waals surface area contributed by atoms with Crippen LogP contribution in [0, 0.1) is 29.4 Å². The summed E-state index contributed by atoms with van der Waals surface area (Å²) in [6.07, 6.45) is 1.39. The Labute approximate surface area is 169 Å². The Bertz CT molecular complexity index is 1150. The lowest BCUT2D eigenvalue weighted by Crippen LogP contribution is -2.09. The Balaban J connectivity index is 1.57. The summed E-state index contributed by atoms with van der Waals surface area (Å²) in [5, 5.41) is 0.779. The van der Waals surface area contributed by atoms with Gasteiger partial charge >= 0.3 is 6.18 Å². The van der Waals surface area contributed by atoms with Gasteiger partial charge < -0.3 is 0 Å². The number of thiophene rings is 1. The number of halogens is 5. The zero-order chi connectivity index (χ0) is 20.5. The Kier molecular flexibility index (Phi) is 4.28. The summed E-state index contributed by atoms with van der Waals surface area (Å²) in [6, 6.07) is 5.36. The lowest BCUT2D eigenvalue weighted by molar-refractivity contribution is -0.139. The van der Waals surface area contributed by atoms with Crippen molar-refractivity contribution in [3.05, 3.63) is 53.1 Å². The summed E-state index contributed by atoms with van der Waals surface area (Å²) in [6.45, 7) is 2.27. The second kappa shape index (κ2) is 6.53. The molecule has 0 bridgehead atoms. The van der Waals surface area contributed by atoms with E-state index in [4.69, 9.17) is 0 Å². The first-order valence-electron chi connectivity index (χ1n) is 9.85. The number of fused-ring (bicyclic) bond motifs is 3. The Morgan fingerprint density at radius 1 is 0.966 bits per heavy atom. The van der Waals surface area contributed by atoms with Crippen molar-refractivity contribution in [2.24, 2.45) is 17.8 Å². The summed E-state index contributed by atoms with van der Waals surface area (Å²) >= 11 is 0.762. The van der Waals surface area contributed by atoms with Gasteiger partial charge in [-0.05, 0) is 55.1 Å². The van der Waals surface area contributed by atoms with Crippen LogP contribution in [0.15, 0.2) is 30.3 Å². The first-order valence-corrected chi connectivity index (χ1v) is 10.7. The molecule has 3 aromatic rings. The molecular formula is C23H19F5S. The highest BCUT2D eigenvalue weighted by atomic mass is 32.1. The second-order valence-corrected chi connectivity index (χ2v) is 9.37. The molecule has 1 fully saturated rings. The molecule has 3 unspecified atom stereocenters. The standard InChI is InChI=1S/C23H19F5S/c1-11-10-17(11)13-4-2-12(3-5-13)14-6-7-15-16-8-9-18(23(26,27)28)20(25)22(16)29-21(15)19(14)24/h2,6-9,11,13,17H,3-5,10H2,1H3. The van der Waals surface area contributed by atoms with Crippen molar-refractivity contribution < 1.29 is 22.0 Å². The summed E-state index contributed by atoms with van der Waals surface area (Å²) in [5.74, 6) is 0.461. The van der Waals surface area contributed by atoms with E-state index in [0.717, 1.165) is 54.1 Å². The van der Waals surface area contributed by atoms with Crippen molar-refractivity contribution in [3.63, 3.8) is 0 Å². The first-order chi connectivity index (χ1) is 13.8. The largest absolute Gasteiger partial charge is 0.419 e. The molecule has 1 aromatic heterocycles. The maximum atomic E-state index is 15.3. The van der Waals surface area contributed by atoms with E-state index in [1.807, 2.05) is 0 Å². The molecule has 3 atom stereocenters. The number of rotatable bonds is 2. The third kappa shape index (κ3) is 3.07.